The maximum absolute atomic E-state index is 9.27. The van der Waals surface area contributed by atoms with E-state index in [-0.39, 0.29) is 0 Å². The molecule has 0 unspecified atom stereocenters. The van der Waals surface area contributed by atoms with Gasteiger partial charge in [-0.1, -0.05) is 26.0 Å². The van der Waals surface area contributed by atoms with Crippen LogP contribution in [0.25, 0.3) is 0 Å². The van der Waals surface area contributed by atoms with Gasteiger partial charge in [0.15, 0.2) is 0 Å². The molecule has 1 aromatic carbocycles. The Kier molecular flexibility index (Phi) is 5.48. The standard InChI is InChI=1S/C12H20BNO3/c1-4-14(5-2)9-10-6-7-12(17-3)11(8-10)13(15)16/h6-8,15-16H,4-5,9H2,1-3H3. The summed E-state index contributed by atoms with van der Waals surface area (Å²) < 4.78 is 5.09. The van der Waals surface area contributed by atoms with E-state index in [9.17, 15) is 10.0 Å². The molecule has 2 N–H and O–H groups in total. The van der Waals surface area contributed by atoms with Crippen molar-refractivity contribution < 1.29 is 14.8 Å². The van der Waals surface area contributed by atoms with Crippen molar-refractivity contribution >= 4 is 12.6 Å². The lowest BCUT2D eigenvalue weighted by molar-refractivity contribution is 0.295. The summed E-state index contributed by atoms with van der Waals surface area (Å²) in [4.78, 5) is 2.26. The van der Waals surface area contributed by atoms with Gasteiger partial charge in [-0.05, 0) is 24.7 Å². The molecule has 1 rings (SSSR count). The molecular formula is C12H20BNO3. The average Bonchev–Trinajstić information content (AvgIpc) is 2.35. The molecule has 0 aliphatic heterocycles. The van der Waals surface area contributed by atoms with Crippen LogP contribution in [0, 0.1) is 0 Å². The molecule has 0 aliphatic rings. The van der Waals surface area contributed by atoms with Crippen LogP contribution in [0.5, 0.6) is 5.75 Å². The summed E-state index contributed by atoms with van der Waals surface area (Å²) >= 11 is 0. The second kappa shape index (κ2) is 6.64. The Bertz CT molecular complexity index is 354. The molecule has 94 valence electrons. The zero-order chi connectivity index (χ0) is 12.8. The lowest BCUT2D eigenvalue weighted by atomic mass is 9.78. The molecule has 5 heteroatoms. The lowest BCUT2D eigenvalue weighted by Crippen LogP contribution is -2.32. The number of methoxy groups -OCH3 is 1. The summed E-state index contributed by atoms with van der Waals surface area (Å²) in [5.74, 6) is 0.503. The molecule has 0 spiro atoms. The highest BCUT2D eigenvalue weighted by Crippen LogP contribution is 2.11. The molecule has 1 aromatic rings. The Morgan fingerprint density at radius 3 is 2.35 bits per heavy atom. The van der Waals surface area contributed by atoms with Gasteiger partial charge in [-0.2, -0.15) is 0 Å². The average molecular weight is 237 g/mol. The van der Waals surface area contributed by atoms with Gasteiger partial charge in [0.2, 0.25) is 0 Å². The second-order valence-electron chi connectivity index (χ2n) is 3.91. The molecule has 0 saturated carbocycles. The maximum Gasteiger partial charge on any atom is 0.492 e. The van der Waals surface area contributed by atoms with Gasteiger partial charge in [-0.15, -0.1) is 0 Å². The molecule has 4 nitrogen and oxygen atoms in total. The van der Waals surface area contributed by atoms with Crippen molar-refractivity contribution in [1.82, 2.24) is 4.90 Å². The Morgan fingerprint density at radius 2 is 1.88 bits per heavy atom. The first-order valence-corrected chi connectivity index (χ1v) is 5.87. The van der Waals surface area contributed by atoms with Gasteiger partial charge in [0.05, 0.1) is 7.11 Å². The van der Waals surface area contributed by atoms with Gasteiger partial charge >= 0.3 is 7.12 Å². The highest BCUT2D eigenvalue weighted by Gasteiger charge is 2.17. The monoisotopic (exact) mass is 237 g/mol. The minimum Gasteiger partial charge on any atom is -0.497 e. The minimum atomic E-state index is -1.50. The van der Waals surface area contributed by atoms with Crippen molar-refractivity contribution in [1.29, 1.82) is 0 Å². The zero-order valence-corrected chi connectivity index (χ0v) is 10.7. The fourth-order valence-electron chi connectivity index (χ4n) is 1.79. The van der Waals surface area contributed by atoms with Crippen LogP contribution in [0.3, 0.4) is 0 Å². The van der Waals surface area contributed by atoms with Crippen LogP contribution in [0.15, 0.2) is 18.2 Å². The van der Waals surface area contributed by atoms with Crippen LogP contribution in [0.4, 0.5) is 0 Å². The molecule has 0 fully saturated rings. The largest absolute Gasteiger partial charge is 0.497 e. The minimum absolute atomic E-state index is 0.414. The highest BCUT2D eigenvalue weighted by molar-refractivity contribution is 6.59. The Morgan fingerprint density at radius 1 is 1.24 bits per heavy atom. The third kappa shape index (κ3) is 3.73. The first-order chi connectivity index (χ1) is 8.12. The third-order valence-electron chi connectivity index (χ3n) is 2.87. The van der Waals surface area contributed by atoms with Crippen molar-refractivity contribution in [3.05, 3.63) is 23.8 Å². The van der Waals surface area contributed by atoms with E-state index in [0.29, 0.717) is 11.2 Å². The molecule has 0 bridgehead atoms. The molecule has 0 aliphatic carbocycles. The topological polar surface area (TPSA) is 52.9 Å². The van der Waals surface area contributed by atoms with Gasteiger partial charge < -0.3 is 14.8 Å². The van der Waals surface area contributed by atoms with E-state index < -0.39 is 7.12 Å². The summed E-state index contributed by atoms with van der Waals surface area (Å²) in [6, 6.07) is 5.50. The van der Waals surface area contributed by atoms with Crippen LogP contribution in [0.2, 0.25) is 0 Å². The quantitative estimate of drug-likeness (QED) is 0.695. The molecule has 0 aromatic heterocycles. The smallest absolute Gasteiger partial charge is 0.492 e. The van der Waals surface area contributed by atoms with Gasteiger partial charge in [0.25, 0.3) is 0 Å². The van der Waals surface area contributed by atoms with Crippen molar-refractivity contribution in [3.63, 3.8) is 0 Å². The Balaban J connectivity index is 2.91. The van der Waals surface area contributed by atoms with Crippen molar-refractivity contribution in [2.45, 2.75) is 20.4 Å². The summed E-state index contributed by atoms with van der Waals surface area (Å²) in [5.41, 5.74) is 1.47. The predicted octanol–water partition coefficient (Wildman–Crippen LogP) is 0.217. The predicted molar refractivity (Wildman–Crippen MR) is 69.4 cm³/mol. The van der Waals surface area contributed by atoms with Gasteiger partial charge in [-0.3, -0.25) is 4.90 Å². The lowest BCUT2D eigenvalue weighted by Gasteiger charge is -2.19. The molecular weight excluding hydrogens is 217 g/mol. The Hall–Kier alpha value is -1.04. The normalized spacial score (nSPS) is 10.7. The fourth-order valence-corrected chi connectivity index (χ4v) is 1.79. The zero-order valence-electron chi connectivity index (χ0n) is 10.7. The van der Waals surface area contributed by atoms with E-state index in [1.807, 2.05) is 6.07 Å². The molecule has 0 radical (unpaired) electrons. The van der Waals surface area contributed by atoms with E-state index >= 15 is 0 Å². The fraction of sp³-hybridized carbons (Fsp3) is 0.500. The van der Waals surface area contributed by atoms with Crippen molar-refractivity contribution in [3.8, 4) is 5.75 Å². The number of ether oxygens (including phenoxy) is 1. The first kappa shape index (κ1) is 14.0. The van der Waals surface area contributed by atoms with E-state index in [2.05, 4.69) is 18.7 Å². The van der Waals surface area contributed by atoms with Crippen LogP contribution < -0.4 is 10.2 Å². The third-order valence-corrected chi connectivity index (χ3v) is 2.87. The highest BCUT2D eigenvalue weighted by atomic mass is 16.5. The number of benzene rings is 1. The van der Waals surface area contributed by atoms with Gasteiger partial charge in [0, 0.05) is 12.0 Å². The van der Waals surface area contributed by atoms with E-state index in [1.54, 1.807) is 12.1 Å². The summed E-state index contributed by atoms with van der Waals surface area (Å²) in [6.45, 7) is 6.96. The summed E-state index contributed by atoms with van der Waals surface area (Å²) in [6.07, 6.45) is 0. The first-order valence-electron chi connectivity index (χ1n) is 5.87. The van der Waals surface area contributed by atoms with E-state index in [1.165, 1.54) is 7.11 Å². The SMILES string of the molecule is CCN(CC)Cc1ccc(OC)c(B(O)O)c1. The Labute approximate surface area is 103 Å². The molecule has 0 amide bonds. The van der Waals surface area contributed by atoms with Crippen LogP contribution in [-0.2, 0) is 6.54 Å². The number of hydrogen-bond acceptors (Lipinski definition) is 4. The number of rotatable bonds is 6. The molecule has 17 heavy (non-hydrogen) atoms. The van der Waals surface area contributed by atoms with Crippen LogP contribution >= 0.6 is 0 Å². The van der Waals surface area contributed by atoms with Crippen molar-refractivity contribution in [2.24, 2.45) is 0 Å². The summed E-state index contributed by atoms with van der Waals surface area (Å²) in [7, 11) is 0.0206. The molecule has 0 saturated heterocycles. The number of hydrogen-bond donors (Lipinski definition) is 2. The van der Waals surface area contributed by atoms with Gasteiger partial charge in [-0.25, -0.2) is 0 Å². The second-order valence-corrected chi connectivity index (χ2v) is 3.91. The van der Waals surface area contributed by atoms with Crippen LogP contribution in [-0.4, -0.2) is 42.3 Å². The van der Waals surface area contributed by atoms with E-state index in [4.69, 9.17) is 4.74 Å². The molecule has 0 atom stereocenters. The summed E-state index contributed by atoms with van der Waals surface area (Å²) in [5, 5.41) is 18.5. The van der Waals surface area contributed by atoms with E-state index in [0.717, 1.165) is 25.2 Å². The van der Waals surface area contributed by atoms with Crippen LogP contribution in [0.1, 0.15) is 19.4 Å². The molecule has 0 heterocycles. The van der Waals surface area contributed by atoms with Crippen molar-refractivity contribution in [2.75, 3.05) is 20.2 Å². The maximum atomic E-state index is 9.27. The number of nitrogens with zero attached hydrogens (tertiary/aromatic N) is 1. The van der Waals surface area contributed by atoms with Gasteiger partial charge in [0.1, 0.15) is 5.75 Å².